The Bertz CT molecular complexity index is 1220. The zero-order chi connectivity index (χ0) is 21.8. The predicted molar refractivity (Wildman–Crippen MR) is 124 cm³/mol. The Kier molecular flexibility index (Phi) is 5.53. The second-order valence-electron chi connectivity index (χ2n) is 6.89. The number of anilines is 1. The third-order valence-corrected chi connectivity index (χ3v) is 4.87. The van der Waals surface area contributed by atoms with Crippen LogP contribution in [-0.2, 0) is 0 Å². The van der Waals surface area contributed by atoms with Gasteiger partial charge in [0.15, 0.2) is 0 Å². The van der Waals surface area contributed by atoms with Gasteiger partial charge in [0.05, 0.1) is 24.1 Å². The van der Waals surface area contributed by atoms with Crippen LogP contribution in [0.4, 0.5) is 5.69 Å². The smallest absolute Gasteiger partial charge is 0.127 e. The molecule has 0 amide bonds. The van der Waals surface area contributed by atoms with E-state index in [1.54, 1.807) is 13.3 Å². The fraction of sp³-hybridized carbons (Fsp3) is 0.0400. The summed E-state index contributed by atoms with van der Waals surface area (Å²) >= 11 is 0. The van der Waals surface area contributed by atoms with Gasteiger partial charge in [0.2, 0.25) is 0 Å². The number of para-hydroxylation sites is 1. The number of nitrogens with one attached hydrogen (secondary N) is 1. The Hall–Kier alpha value is -4.32. The van der Waals surface area contributed by atoms with Crippen molar-refractivity contribution in [3.63, 3.8) is 0 Å². The van der Waals surface area contributed by atoms with E-state index >= 15 is 0 Å². The summed E-state index contributed by atoms with van der Waals surface area (Å²) in [7, 11) is 1.60. The molecule has 0 atom stereocenters. The van der Waals surface area contributed by atoms with E-state index in [0.29, 0.717) is 34.0 Å². The number of amidine groups is 1. The van der Waals surface area contributed by atoms with E-state index in [0.717, 1.165) is 16.9 Å². The van der Waals surface area contributed by atoms with Crippen LogP contribution in [0.2, 0.25) is 0 Å². The molecule has 6 heteroatoms. The molecule has 31 heavy (non-hydrogen) atoms. The molecular formula is C25H22N4O2. The zero-order valence-corrected chi connectivity index (χ0v) is 17.0. The molecule has 0 aliphatic carbocycles. The summed E-state index contributed by atoms with van der Waals surface area (Å²) in [6.45, 7) is 0. The van der Waals surface area contributed by atoms with Gasteiger partial charge in [-0.15, -0.1) is 0 Å². The van der Waals surface area contributed by atoms with Crippen LogP contribution in [0, 0.1) is 5.41 Å². The molecule has 1 aromatic heterocycles. The molecule has 6 nitrogen and oxygen atoms in total. The lowest BCUT2D eigenvalue weighted by Crippen LogP contribution is -2.16. The first-order chi connectivity index (χ1) is 15.1. The molecule has 4 aromatic rings. The molecule has 4 rings (SSSR count). The van der Waals surface area contributed by atoms with Gasteiger partial charge in [0, 0.05) is 17.3 Å². The SMILES string of the molecule is COc1cccc(-c2ncc(-c3ccc(Oc4ccccc4)cc3)c(C(=N)N)c2N)c1. The predicted octanol–water partition coefficient (Wildman–Crippen LogP) is 5.08. The molecule has 0 bridgehead atoms. The first kappa shape index (κ1) is 20.0. The zero-order valence-electron chi connectivity index (χ0n) is 17.0. The lowest BCUT2D eigenvalue weighted by Gasteiger charge is -2.15. The average molecular weight is 410 g/mol. The number of hydrogen-bond donors (Lipinski definition) is 3. The number of nitrogen functional groups attached to an aromatic ring is 2. The molecule has 0 fully saturated rings. The first-order valence-electron chi connectivity index (χ1n) is 9.67. The number of aromatic nitrogens is 1. The van der Waals surface area contributed by atoms with Crippen molar-refractivity contribution in [3.05, 3.63) is 90.6 Å². The number of rotatable bonds is 6. The highest BCUT2D eigenvalue weighted by Crippen LogP contribution is 2.35. The summed E-state index contributed by atoms with van der Waals surface area (Å²) in [5.41, 5.74) is 16.0. The second-order valence-corrected chi connectivity index (χ2v) is 6.89. The summed E-state index contributed by atoms with van der Waals surface area (Å²) in [4.78, 5) is 4.57. The summed E-state index contributed by atoms with van der Waals surface area (Å²) in [6.07, 6.45) is 1.69. The van der Waals surface area contributed by atoms with E-state index in [9.17, 15) is 0 Å². The highest BCUT2D eigenvalue weighted by molar-refractivity contribution is 6.08. The van der Waals surface area contributed by atoms with E-state index in [-0.39, 0.29) is 5.84 Å². The molecule has 0 radical (unpaired) electrons. The second kappa shape index (κ2) is 8.59. The minimum atomic E-state index is -0.122. The van der Waals surface area contributed by atoms with Crippen LogP contribution in [0.25, 0.3) is 22.4 Å². The third kappa shape index (κ3) is 4.18. The summed E-state index contributed by atoms with van der Waals surface area (Å²) in [6, 6.07) is 24.5. The van der Waals surface area contributed by atoms with E-state index in [1.807, 2.05) is 78.9 Å². The standard InChI is InChI=1S/C25H22N4O2/c1-30-20-9-5-6-17(14-20)24-23(26)22(25(27)28)21(15-29-24)16-10-12-19(13-11-16)31-18-7-3-2-4-8-18/h2-15H,26H2,1H3,(H3,27,28). The van der Waals surface area contributed by atoms with Crippen molar-refractivity contribution in [2.75, 3.05) is 12.8 Å². The van der Waals surface area contributed by atoms with Crippen molar-refractivity contribution in [2.45, 2.75) is 0 Å². The summed E-state index contributed by atoms with van der Waals surface area (Å²) in [5, 5.41) is 8.12. The monoisotopic (exact) mass is 410 g/mol. The number of hydrogen-bond acceptors (Lipinski definition) is 5. The van der Waals surface area contributed by atoms with Gasteiger partial charge in [-0.25, -0.2) is 0 Å². The maximum Gasteiger partial charge on any atom is 0.127 e. The van der Waals surface area contributed by atoms with Crippen LogP contribution in [0.3, 0.4) is 0 Å². The number of benzene rings is 3. The van der Waals surface area contributed by atoms with Crippen molar-refractivity contribution in [2.24, 2.45) is 5.73 Å². The maximum absolute atomic E-state index is 8.12. The third-order valence-electron chi connectivity index (χ3n) is 4.87. The van der Waals surface area contributed by atoms with Crippen molar-refractivity contribution in [3.8, 4) is 39.6 Å². The molecule has 5 N–H and O–H groups in total. The van der Waals surface area contributed by atoms with E-state index in [2.05, 4.69) is 4.98 Å². The molecule has 3 aromatic carbocycles. The van der Waals surface area contributed by atoms with Crippen molar-refractivity contribution >= 4 is 11.5 Å². The molecule has 0 saturated carbocycles. The molecule has 0 aliphatic rings. The van der Waals surface area contributed by atoms with Gasteiger partial charge < -0.3 is 20.9 Å². The van der Waals surface area contributed by atoms with Crippen molar-refractivity contribution < 1.29 is 9.47 Å². The quantitative estimate of drug-likeness (QED) is 0.303. The van der Waals surface area contributed by atoms with Crippen LogP contribution < -0.4 is 20.9 Å². The Morgan fingerprint density at radius 2 is 1.52 bits per heavy atom. The van der Waals surface area contributed by atoms with Crippen LogP contribution in [0.5, 0.6) is 17.2 Å². The van der Waals surface area contributed by atoms with Gasteiger partial charge in [-0.1, -0.05) is 42.5 Å². The molecule has 0 saturated heterocycles. The molecule has 154 valence electrons. The van der Waals surface area contributed by atoms with Gasteiger partial charge in [-0.3, -0.25) is 10.4 Å². The van der Waals surface area contributed by atoms with Gasteiger partial charge in [-0.2, -0.15) is 0 Å². The topological polar surface area (TPSA) is 107 Å². The van der Waals surface area contributed by atoms with Gasteiger partial charge in [-0.05, 0) is 42.0 Å². The molecule has 0 aliphatic heterocycles. The van der Waals surface area contributed by atoms with E-state index in [1.165, 1.54) is 0 Å². The highest BCUT2D eigenvalue weighted by Gasteiger charge is 2.17. The fourth-order valence-electron chi connectivity index (χ4n) is 3.36. The Labute approximate surface area is 180 Å². The van der Waals surface area contributed by atoms with Crippen LogP contribution in [0.15, 0.2) is 85.1 Å². The van der Waals surface area contributed by atoms with Gasteiger partial charge >= 0.3 is 0 Å². The van der Waals surface area contributed by atoms with E-state index in [4.69, 9.17) is 26.4 Å². The summed E-state index contributed by atoms with van der Waals surface area (Å²) < 4.78 is 11.1. The molecule has 1 heterocycles. The number of methoxy groups -OCH3 is 1. The molecular weight excluding hydrogens is 388 g/mol. The highest BCUT2D eigenvalue weighted by atomic mass is 16.5. The van der Waals surface area contributed by atoms with Gasteiger partial charge in [0.25, 0.3) is 0 Å². The first-order valence-corrected chi connectivity index (χ1v) is 9.67. The molecule has 0 unspecified atom stereocenters. The Morgan fingerprint density at radius 3 is 2.19 bits per heavy atom. The van der Waals surface area contributed by atoms with Crippen molar-refractivity contribution in [1.82, 2.24) is 4.98 Å². The van der Waals surface area contributed by atoms with Gasteiger partial charge in [0.1, 0.15) is 23.1 Å². The number of nitrogens with zero attached hydrogens (tertiary/aromatic N) is 1. The minimum Gasteiger partial charge on any atom is -0.497 e. The number of ether oxygens (including phenoxy) is 2. The average Bonchev–Trinajstić information content (AvgIpc) is 2.80. The lowest BCUT2D eigenvalue weighted by atomic mass is 9.96. The number of nitrogens with two attached hydrogens (primary N) is 2. The van der Waals surface area contributed by atoms with Crippen LogP contribution in [-0.4, -0.2) is 17.9 Å². The Balaban J connectivity index is 1.71. The normalized spacial score (nSPS) is 10.5. The maximum atomic E-state index is 8.12. The van der Waals surface area contributed by atoms with Crippen molar-refractivity contribution in [1.29, 1.82) is 5.41 Å². The van der Waals surface area contributed by atoms with E-state index < -0.39 is 0 Å². The fourth-order valence-corrected chi connectivity index (χ4v) is 3.36. The molecule has 0 spiro atoms. The van der Waals surface area contributed by atoms with Crippen LogP contribution in [0.1, 0.15) is 5.56 Å². The Morgan fingerprint density at radius 1 is 0.839 bits per heavy atom. The summed E-state index contributed by atoms with van der Waals surface area (Å²) in [5.74, 6) is 2.03. The van der Waals surface area contributed by atoms with Crippen LogP contribution >= 0.6 is 0 Å². The lowest BCUT2D eigenvalue weighted by molar-refractivity contribution is 0.415. The largest absolute Gasteiger partial charge is 0.497 e. The number of pyridine rings is 1. The minimum absolute atomic E-state index is 0.122.